The van der Waals surface area contributed by atoms with Crippen LogP contribution in [-0.4, -0.2) is 27.7 Å². The van der Waals surface area contributed by atoms with E-state index < -0.39 is 0 Å². The molecular formula is C12H21N3OS. The lowest BCUT2D eigenvalue weighted by atomic mass is 9.88. The molecule has 1 aromatic rings. The molecule has 1 aliphatic carbocycles. The largest absolute Gasteiger partial charge is 0.340 e. The maximum atomic E-state index is 4.95. The van der Waals surface area contributed by atoms with Gasteiger partial charge in [-0.25, -0.2) is 0 Å². The van der Waals surface area contributed by atoms with E-state index in [-0.39, 0.29) is 0 Å². The van der Waals surface area contributed by atoms with E-state index in [4.69, 9.17) is 4.52 Å². The number of hydrogen-bond acceptors (Lipinski definition) is 5. The number of aromatic nitrogens is 2. The fraction of sp³-hybridized carbons (Fsp3) is 0.833. The highest BCUT2D eigenvalue weighted by atomic mass is 32.2. The first kappa shape index (κ1) is 12.9. The fourth-order valence-electron chi connectivity index (χ4n) is 2.46. The lowest BCUT2D eigenvalue weighted by Gasteiger charge is -2.35. The third-order valence-electron chi connectivity index (χ3n) is 3.50. The van der Waals surface area contributed by atoms with Crippen molar-refractivity contribution in [2.45, 2.75) is 50.3 Å². The van der Waals surface area contributed by atoms with Crippen LogP contribution in [0.15, 0.2) is 4.52 Å². The van der Waals surface area contributed by atoms with Crippen molar-refractivity contribution in [2.75, 3.05) is 12.8 Å². The number of aryl methyl sites for hydroxylation is 1. The van der Waals surface area contributed by atoms with Gasteiger partial charge in [0, 0.05) is 18.2 Å². The molecule has 2 rings (SSSR count). The van der Waals surface area contributed by atoms with Crippen molar-refractivity contribution in [1.82, 2.24) is 15.5 Å². The fourth-order valence-corrected chi connectivity index (χ4v) is 3.41. The molecule has 1 fully saturated rings. The third-order valence-corrected chi connectivity index (χ3v) is 4.92. The molecule has 1 heterocycles. The van der Waals surface area contributed by atoms with Crippen LogP contribution < -0.4 is 5.32 Å². The summed E-state index contributed by atoms with van der Waals surface area (Å²) in [7, 11) is 0. The predicted molar refractivity (Wildman–Crippen MR) is 70.1 cm³/mol. The summed E-state index contributed by atoms with van der Waals surface area (Å²) in [6.07, 6.45) is 9.00. The zero-order valence-corrected chi connectivity index (χ0v) is 11.5. The molecule has 1 saturated carbocycles. The number of thioether (sulfide) groups is 1. The van der Waals surface area contributed by atoms with Crippen molar-refractivity contribution in [3.63, 3.8) is 0 Å². The van der Waals surface area contributed by atoms with Gasteiger partial charge in [-0.15, -0.1) is 0 Å². The van der Waals surface area contributed by atoms with Gasteiger partial charge >= 0.3 is 0 Å². The van der Waals surface area contributed by atoms with Crippen molar-refractivity contribution in [2.24, 2.45) is 0 Å². The minimum Gasteiger partial charge on any atom is -0.340 e. The van der Waals surface area contributed by atoms with E-state index in [1.165, 1.54) is 32.1 Å². The summed E-state index contributed by atoms with van der Waals surface area (Å²) < 4.78 is 5.38. The second-order valence-electron chi connectivity index (χ2n) is 4.78. The Morgan fingerprint density at radius 3 is 2.71 bits per heavy atom. The Morgan fingerprint density at radius 2 is 2.12 bits per heavy atom. The number of nitrogens with one attached hydrogen (secondary N) is 1. The van der Waals surface area contributed by atoms with Crippen molar-refractivity contribution in [3.05, 3.63) is 11.7 Å². The standard InChI is InChI=1S/C12H21N3OS/c1-10-14-11(15-16-10)8-13-9-12(17-2)6-4-3-5-7-12/h13H,3-9H2,1-2H3. The van der Waals surface area contributed by atoms with Crippen molar-refractivity contribution >= 4 is 11.8 Å². The van der Waals surface area contributed by atoms with E-state index >= 15 is 0 Å². The average molecular weight is 255 g/mol. The van der Waals surface area contributed by atoms with Crippen molar-refractivity contribution in [1.29, 1.82) is 0 Å². The highest BCUT2D eigenvalue weighted by molar-refractivity contribution is 8.00. The van der Waals surface area contributed by atoms with Crippen LogP contribution in [-0.2, 0) is 6.54 Å². The molecule has 1 aliphatic rings. The SMILES string of the molecule is CSC1(CNCc2noc(C)n2)CCCCC1. The molecule has 0 aromatic carbocycles. The lowest BCUT2D eigenvalue weighted by Crippen LogP contribution is -2.39. The Hall–Kier alpha value is -0.550. The van der Waals surface area contributed by atoms with Gasteiger partial charge in [0.1, 0.15) is 0 Å². The molecule has 0 saturated heterocycles. The first-order valence-electron chi connectivity index (χ1n) is 6.29. The molecule has 17 heavy (non-hydrogen) atoms. The second kappa shape index (κ2) is 5.87. The highest BCUT2D eigenvalue weighted by Gasteiger charge is 2.30. The van der Waals surface area contributed by atoms with Gasteiger partial charge in [-0.05, 0) is 19.1 Å². The van der Waals surface area contributed by atoms with E-state index in [1.54, 1.807) is 0 Å². The average Bonchev–Trinajstić information content (AvgIpc) is 2.76. The van der Waals surface area contributed by atoms with Crippen LogP contribution in [0.4, 0.5) is 0 Å². The molecule has 0 spiro atoms. The van der Waals surface area contributed by atoms with E-state index in [9.17, 15) is 0 Å². The van der Waals surface area contributed by atoms with Crippen LogP contribution >= 0.6 is 11.8 Å². The van der Waals surface area contributed by atoms with Gasteiger partial charge in [-0.3, -0.25) is 0 Å². The van der Waals surface area contributed by atoms with Crippen LogP contribution in [0, 0.1) is 6.92 Å². The first-order chi connectivity index (χ1) is 8.24. The third kappa shape index (κ3) is 3.45. The van der Waals surface area contributed by atoms with Crippen molar-refractivity contribution < 1.29 is 4.52 Å². The maximum absolute atomic E-state index is 4.95. The Balaban J connectivity index is 1.79. The predicted octanol–water partition coefficient (Wildman–Crippen LogP) is 2.53. The smallest absolute Gasteiger partial charge is 0.223 e. The Labute approximate surface area is 107 Å². The minimum absolute atomic E-state index is 0.428. The van der Waals surface area contributed by atoms with E-state index in [2.05, 4.69) is 21.7 Å². The van der Waals surface area contributed by atoms with Gasteiger partial charge in [0.15, 0.2) is 5.82 Å². The molecule has 1 aromatic heterocycles. The van der Waals surface area contributed by atoms with Crippen LogP contribution in [0.5, 0.6) is 0 Å². The zero-order chi connectivity index (χ0) is 12.1. The molecule has 0 aliphatic heterocycles. The molecule has 5 heteroatoms. The summed E-state index contributed by atoms with van der Waals surface area (Å²) in [6, 6.07) is 0. The molecule has 0 bridgehead atoms. The summed E-state index contributed by atoms with van der Waals surface area (Å²) >= 11 is 2.01. The van der Waals surface area contributed by atoms with E-state index in [1.807, 2.05) is 18.7 Å². The van der Waals surface area contributed by atoms with Crippen LogP contribution in [0.1, 0.15) is 43.8 Å². The van der Waals surface area contributed by atoms with Gasteiger partial charge in [-0.1, -0.05) is 24.4 Å². The topological polar surface area (TPSA) is 51.0 Å². The van der Waals surface area contributed by atoms with Gasteiger partial charge in [0.05, 0.1) is 6.54 Å². The number of nitrogens with zero attached hydrogens (tertiary/aromatic N) is 2. The number of hydrogen-bond donors (Lipinski definition) is 1. The summed E-state index contributed by atoms with van der Waals surface area (Å²) in [4.78, 5) is 4.19. The van der Waals surface area contributed by atoms with Gasteiger partial charge in [0.25, 0.3) is 0 Å². The molecule has 0 unspecified atom stereocenters. The quantitative estimate of drug-likeness (QED) is 0.876. The molecule has 0 radical (unpaired) electrons. The summed E-state index contributed by atoms with van der Waals surface area (Å²) in [5, 5.41) is 7.36. The molecule has 96 valence electrons. The Morgan fingerprint density at radius 1 is 1.35 bits per heavy atom. The summed E-state index contributed by atoms with van der Waals surface area (Å²) in [6.45, 7) is 3.57. The maximum Gasteiger partial charge on any atom is 0.223 e. The monoisotopic (exact) mass is 255 g/mol. The van der Waals surface area contributed by atoms with Gasteiger partial charge < -0.3 is 9.84 Å². The lowest BCUT2D eigenvalue weighted by molar-refractivity contribution is 0.369. The van der Waals surface area contributed by atoms with Crippen LogP contribution in [0.2, 0.25) is 0 Å². The Kier molecular flexibility index (Phi) is 4.45. The van der Waals surface area contributed by atoms with Crippen LogP contribution in [0.3, 0.4) is 0 Å². The van der Waals surface area contributed by atoms with E-state index in [0.717, 1.165) is 12.4 Å². The Bertz CT molecular complexity index is 347. The zero-order valence-electron chi connectivity index (χ0n) is 10.7. The molecule has 0 atom stereocenters. The highest BCUT2D eigenvalue weighted by Crippen LogP contribution is 2.37. The second-order valence-corrected chi connectivity index (χ2v) is 6.06. The summed E-state index contributed by atoms with van der Waals surface area (Å²) in [5.74, 6) is 1.40. The van der Waals surface area contributed by atoms with E-state index in [0.29, 0.717) is 17.2 Å². The molecule has 1 N–H and O–H groups in total. The van der Waals surface area contributed by atoms with Crippen LogP contribution in [0.25, 0.3) is 0 Å². The first-order valence-corrected chi connectivity index (χ1v) is 7.52. The molecular weight excluding hydrogens is 234 g/mol. The van der Waals surface area contributed by atoms with Gasteiger partial charge in [0.2, 0.25) is 5.89 Å². The minimum atomic E-state index is 0.428. The van der Waals surface area contributed by atoms with Crippen molar-refractivity contribution in [3.8, 4) is 0 Å². The molecule has 4 nitrogen and oxygen atoms in total. The summed E-state index contributed by atoms with van der Waals surface area (Å²) in [5.41, 5.74) is 0. The number of rotatable bonds is 5. The van der Waals surface area contributed by atoms with Gasteiger partial charge in [-0.2, -0.15) is 16.7 Å². The normalized spacial score (nSPS) is 19.4. The molecule has 0 amide bonds.